The lowest BCUT2D eigenvalue weighted by atomic mass is 10.1. The largest absolute Gasteiger partial charge is 0.337 e. The van der Waals surface area contributed by atoms with Gasteiger partial charge in [-0.15, -0.1) is 11.8 Å². The summed E-state index contributed by atoms with van der Waals surface area (Å²) in [6, 6.07) is 16.4. The van der Waals surface area contributed by atoms with Gasteiger partial charge in [0.2, 0.25) is 0 Å². The molecule has 0 radical (unpaired) electrons. The second-order valence-corrected chi connectivity index (χ2v) is 9.21. The fourth-order valence-corrected chi connectivity index (χ4v) is 3.78. The molecule has 1 N–H and O–H groups in total. The second-order valence-electron chi connectivity index (χ2n) is 6.02. The van der Waals surface area contributed by atoms with E-state index in [1.54, 1.807) is 48.0 Å². The highest BCUT2D eigenvalue weighted by Gasteiger charge is 2.17. The molecule has 2 rings (SSSR count). The Kier molecular flexibility index (Phi) is 7.11. The van der Waals surface area contributed by atoms with Gasteiger partial charge in [-0.1, -0.05) is 30.3 Å². The summed E-state index contributed by atoms with van der Waals surface area (Å²) in [4.78, 5) is 15.4. The third-order valence-corrected chi connectivity index (χ3v) is 6.22. The van der Waals surface area contributed by atoms with Crippen molar-refractivity contribution in [2.45, 2.75) is 22.8 Å². The summed E-state index contributed by atoms with van der Waals surface area (Å²) < 4.78 is 23.1. The van der Waals surface area contributed by atoms with Crippen LogP contribution < -0.4 is 5.32 Å². The van der Waals surface area contributed by atoms with Crippen LogP contribution in [0, 0.1) is 0 Å². The van der Waals surface area contributed by atoms with E-state index in [0.717, 1.165) is 11.3 Å². The summed E-state index contributed by atoms with van der Waals surface area (Å²) >= 11 is 1.69. The standard InChI is InChI=1S/C19H24N2O3S2/c1-15(16-9-11-18(12-10-16)26(3,23)24)21(2)19(22)20-13-14-25-17-7-5-4-6-8-17/h4-12,15H,13-14H2,1-3H3,(H,20,22). The molecule has 2 amide bonds. The molecule has 0 saturated heterocycles. The Morgan fingerprint density at radius 2 is 1.73 bits per heavy atom. The number of hydrogen-bond donors (Lipinski definition) is 1. The number of hydrogen-bond acceptors (Lipinski definition) is 4. The lowest BCUT2D eigenvalue weighted by molar-refractivity contribution is 0.195. The van der Waals surface area contributed by atoms with Crippen LogP contribution in [0.15, 0.2) is 64.4 Å². The van der Waals surface area contributed by atoms with Crippen LogP contribution in [0.3, 0.4) is 0 Å². The molecule has 2 aromatic carbocycles. The monoisotopic (exact) mass is 392 g/mol. The first kappa shape index (κ1) is 20.3. The van der Waals surface area contributed by atoms with Crippen molar-refractivity contribution in [1.82, 2.24) is 10.2 Å². The van der Waals surface area contributed by atoms with E-state index < -0.39 is 9.84 Å². The van der Waals surface area contributed by atoms with Crippen LogP contribution in [0.25, 0.3) is 0 Å². The molecule has 2 aromatic rings. The fraction of sp³-hybridized carbons (Fsp3) is 0.316. The Morgan fingerprint density at radius 1 is 1.12 bits per heavy atom. The van der Waals surface area contributed by atoms with E-state index in [0.29, 0.717) is 6.54 Å². The number of amides is 2. The van der Waals surface area contributed by atoms with E-state index >= 15 is 0 Å². The van der Waals surface area contributed by atoms with Crippen molar-refractivity contribution >= 4 is 27.6 Å². The Labute approximate surface area is 159 Å². The predicted molar refractivity (Wildman–Crippen MR) is 106 cm³/mol. The molecule has 0 saturated carbocycles. The molecule has 0 fully saturated rings. The lowest BCUT2D eigenvalue weighted by Crippen LogP contribution is -2.39. The minimum atomic E-state index is -3.21. The number of nitrogens with one attached hydrogen (secondary N) is 1. The van der Waals surface area contributed by atoms with Gasteiger partial charge in [-0.05, 0) is 36.8 Å². The fourth-order valence-electron chi connectivity index (χ4n) is 2.36. The van der Waals surface area contributed by atoms with Gasteiger partial charge in [0.05, 0.1) is 10.9 Å². The second kappa shape index (κ2) is 9.09. The normalized spacial score (nSPS) is 12.4. The van der Waals surface area contributed by atoms with Crippen LogP contribution in [0.4, 0.5) is 4.79 Å². The van der Waals surface area contributed by atoms with Crippen LogP contribution in [0.1, 0.15) is 18.5 Å². The number of benzene rings is 2. The first-order valence-electron chi connectivity index (χ1n) is 8.27. The molecule has 0 aliphatic rings. The maximum atomic E-state index is 12.3. The van der Waals surface area contributed by atoms with Crippen molar-refractivity contribution in [3.8, 4) is 0 Å². The summed E-state index contributed by atoms with van der Waals surface area (Å²) in [6.07, 6.45) is 1.18. The summed E-state index contributed by atoms with van der Waals surface area (Å²) in [5.74, 6) is 0.793. The summed E-state index contributed by atoms with van der Waals surface area (Å²) in [5, 5.41) is 2.91. The lowest BCUT2D eigenvalue weighted by Gasteiger charge is -2.25. The van der Waals surface area contributed by atoms with E-state index in [1.807, 2.05) is 37.3 Å². The van der Waals surface area contributed by atoms with Crippen molar-refractivity contribution in [1.29, 1.82) is 0 Å². The third-order valence-electron chi connectivity index (χ3n) is 4.08. The predicted octanol–water partition coefficient (Wildman–Crippen LogP) is 3.58. The van der Waals surface area contributed by atoms with Crippen LogP contribution in [-0.2, 0) is 9.84 Å². The minimum Gasteiger partial charge on any atom is -0.337 e. The number of rotatable bonds is 7. The van der Waals surface area contributed by atoms with Gasteiger partial charge in [0.15, 0.2) is 9.84 Å². The van der Waals surface area contributed by atoms with Gasteiger partial charge in [-0.3, -0.25) is 0 Å². The smallest absolute Gasteiger partial charge is 0.317 e. The molecule has 0 spiro atoms. The first-order chi connectivity index (χ1) is 12.3. The van der Waals surface area contributed by atoms with E-state index in [9.17, 15) is 13.2 Å². The van der Waals surface area contributed by atoms with Crippen molar-refractivity contribution in [2.75, 3.05) is 25.6 Å². The molecule has 1 unspecified atom stereocenters. The van der Waals surface area contributed by atoms with E-state index in [-0.39, 0.29) is 17.0 Å². The van der Waals surface area contributed by atoms with Gasteiger partial charge < -0.3 is 10.2 Å². The van der Waals surface area contributed by atoms with Crippen molar-refractivity contribution < 1.29 is 13.2 Å². The van der Waals surface area contributed by atoms with E-state index in [2.05, 4.69) is 5.32 Å². The van der Waals surface area contributed by atoms with Crippen LogP contribution in [0.2, 0.25) is 0 Å². The molecule has 5 nitrogen and oxygen atoms in total. The van der Waals surface area contributed by atoms with Crippen molar-refractivity contribution in [2.24, 2.45) is 0 Å². The molecule has 1 atom stereocenters. The maximum Gasteiger partial charge on any atom is 0.317 e. The van der Waals surface area contributed by atoms with Gasteiger partial charge in [-0.2, -0.15) is 0 Å². The molecule has 7 heteroatoms. The third kappa shape index (κ3) is 5.78. The summed E-state index contributed by atoms with van der Waals surface area (Å²) in [6.45, 7) is 2.48. The van der Waals surface area contributed by atoms with Gasteiger partial charge in [0, 0.05) is 30.5 Å². The number of nitrogens with zero attached hydrogens (tertiary/aromatic N) is 1. The van der Waals surface area contributed by atoms with E-state index in [4.69, 9.17) is 0 Å². The Bertz CT molecular complexity index is 822. The SMILES string of the molecule is CC(c1ccc(S(C)(=O)=O)cc1)N(C)C(=O)NCCSc1ccccc1. The van der Waals surface area contributed by atoms with Gasteiger partial charge >= 0.3 is 6.03 Å². The number of thioether (sulfide) groups is 1. The Hall–Kier alpha value is -1.99. The highest BCUT2D eigenvalue weighted by atomic mass is 32.2. The number of carbonyl (C=O) groups excluding carboxylic acids is 1. The molecule has 0 aliphatic heterocycles. The van der Waals surface area contributed by atoms with Crippen molar-refractivity contribution in [3.05, 3.63) is 60.2 Å². The summed E-state index contributed by atoms with van der Waals surface area (Å²) in [5.41, 5.74) is 0.883. The molecule has 0 bridgehead atoms. The molecule has 26 heavy (non-hydrogen) atoms. The number of sulfone groups is 1. The molecule has 140 valence electrons. The zero-order valence-electron chi connectivity index (χ0n) is 15.2. The topological polar surface area (TPSA) is 66.5 Å². The first-order valence-corrected chi connectivity index (χ1v) is 11.2. The zero-order valence-corrected chi connectivity index (χ0v) is 16.8. The van der Waals surface area contributed by atoms with Gasteiger partial charge in [0.25, 0.3) is 0 Å². The van der Waals surface area contributed by atoms with Crippen molar-refractivity contribution in [3.63, 3.8) is 0 Å². The summed E-state index contributed by atoms with van der Waals surface area (Å²) in [7, 11) is -1.48. The van der Waals surface area contributed by atoms with Gasteiger partial charge in [0.1, 0.15) is 0 Å². The number of carbonyl (C=O) groups is 1. The Balaban J connectivity index is 1.84. The number of urea groups is 1. The van der Waals surface area contributed by atoms with E-state index in [1.165, 1.54) is 11.2 Å². The molecule has 0 aliphatic carbocycles. The maximum absolute atomic E-state index is 12.3. The molecular formula is C19H24N2O3S2. The molecule has 0 aromatic heterocycles. The highest BCUT2D eigenvalue weighted by molar-refractivity contribution is 7.99. The van der Waals surface area contributed by atoms with Crippen LogP contribution in [0.5, 0.6) is 0 Å². The average Bonchev–Trinajstić information content (AvgIpc) is 2.64. The minimum absolute atomic E-state index is 0.154. The van der Waals surface area contributed by atoms with Gasteiger partial charge in [-0.25, -0.2) is 13.2 Å². The average molecular weight is 393 g/mol. The zero-order chi connectivity index (χ0) is 19.2. The molecular weight excluding hydrogens is 368 g/mol. The Morgan fingerprint density at radius 3 is 2.31 bits per heavy atom. The quantitative estimate of drug-likeness (QED) is 0.578. The van der Waals surface area contributed by atoms with Crippen LogP contribution >= 0.6 is 11.8 Å². The highest BCUT2D eigenvalue weighted by Crippen LogP contribution is 2.21. The molecule has 0 heterocycles. The van der Waals surface area contributed by atoms with Crippen LogP contribution in [-0.4, -0.2) is 44.9 Å².